The van der Waals surface area contributed by atoms with Crippen molar-refractivity contribution in [2.75, 3.05) is 26.2 Å². The highest BCUT2D eigenvalue weighted by Crippen LogP contribution is 2.24. The normalized spacial score (nSPS) is 13.8. The van der Waals surface area contributed by atoms with E-state index in [-0.39, 0.29) is 11.8 Å². The van der Waals surface area contributed by atoms with Crippen molar-refractivity contribution in [2.24, 2.45) is 0 Å². The van der Waals surface area contributed by atoms with Gasteiger partial charge in [-0.1, -0.05) is 30.3 Å². The summed E-state index contributed by atoms with van der Waals surface area (Å²) in [5, 5.41) is 4.72. The average molecular weight is 441 g/mol. The van der Waals surface area contributed by atoms with Crippen LogP contribution in [0.3, 0.4) is 0 Å². The van der Waals surface area contributed by atoms with E-state index in [9.17, 15) is 9.59 Å². The van der Waals surface area contributed by atoms with Crippen LogP contribution in [0.1, 0.15) is 26.5 Å². The Morgan fingerprint density at radius 3 is 2.30 bits per heavy atom. The van der Waals surface area contributed by atoms with Crippen LogP contribution >= 0.6 is 0 Å². The number of amides is 2. The molecule has 8 heteroatoms. The van der Waals surface area contributed by atoms with Gasteiger partial charge in [0.25, 0.3) is 11.8 Å². The zero-order chi connectivity index (χ0) is 22.6. The summed E-state index contributed by atoms with van der Waals surface area (Å²) in [6, 6.07) is 17.1. The Hall–Kier alpha value is -4.20. The molecule has 0 unspecified atom stereocenters. The Morgan fingerprint density at radius 1 is 0.879 bits per heavy atom. The van der Waals surface area contributed by atoms with Gasteiger partial charge in [0.1, 0.15) is 5.69 Å². The number of furan rings is 1. The minimum atomic E-state index is -0.154. The minimum Gasteiger partial charge on any atom is -0.459 e. The van der Waals surface area contributed by atoms with Gasteiger partial charge in [-0.05, 0) is 29.8 Å². The number of carbonyl (C=O) groups excluding carboxylic acids is 2. The molecule has 8 nitrogen and oxygen atoms in total. The quantitative estimate of drug-likeness (QED) is 0.475. The van der Waals surface area contributed by atoms with E-state index in [1.54, 1.807) is 45.2 Å². The summed E-state index contributed by atoms with van der Waals surface area (Å²) in [4.78, 5) is 33.7. The van der Waals surface area contributed by atoms with Gasteiger partial charge in [-0.3, -0.25) is 19.3 Å². The summed E-state index contributed by atoms with van der Waals surface area (Å²) >= 11 is 0. The summed E-state index contributed by atoms with van der Waals surface area (Å²) in [5.41, 5.74) is 3.03. The third-order valence-corrected chi connectivity index (χ3v) is 5.70. The molecule has 1 aliphatic heterocycles. The molecule has 166 valence electrons. The summed E-state index contributed by atoms with van der Waals surface area (Å²) in [6.07, 6.45) is 6.70. The van der Waals surface area contributed by atoms with Gasteiger partial charge in [-0.15, -0.1) is 0 Å². The fourth-order valence-corrected chi connectivity index (χ4v) is 3.98. The molecule has 1 fully saturated rings. The highest BCUT2D eigenvalue weighted by molar-refractivity contribution is 6.00. The molecule has 0 radical (unpaired) electrons. The second-order valence-electron chi connectivity index (χ2n) is 7.88. The van der Waals surface area contributed by atoms with Crippen molar-refractivity contribution >= 4 is 11.8 Å². The summed E-state index contributed by atoms with van der Waals surface area (Å²) in [7, 11) is 0. The zero-order valence-corrected chi connectivity index (χ0v) is 18.0. The van der Waals surface area contributed by atoms with Crippen LogP contribution in [0, 0.1) is 0 Å². The molecule has 1 saturated heterocycles. The van der Waals surface area contributed by atoms with E-state index in [1.807, 2.05) is 42.5 Å². The Labute approximate surface area is 191 Å². The predicted octanol–water partition coefficient (Wildman–Crippen LogP) is 3.18. The zero-order valence-electron chi connectivity index (χ0n) is 18.0. The number of pyridine rings is 1. The van der Waals surface area contributed by atoms with Crippen LogP contribution in [0.4, 0.5) is 0 Å². The topological polar surface area (TPSA) is 84.5 Å². The number of benzene rings is 1. The second kappa shape index (κ2) is 9.12. The highest BCUT2D eigenvalue weighted by atomic mass is 16.3. The SMILES string of the molecule is O=C(c1ccco1)N1CCN(C(=O)c2cn(Cc3ccccc3)nc2-c2cccnc2)CC1. The monoisotopic (exact) mass is 441 g/mol. The Bertz CT molecular complexity index is 1230. The van der Waals surface area contributed by atoms with Gasteiger partial charge in [-0.2, -0.15) is 5.10 Å². The first-order valence-electron chi connectivity index (χ1n) is 10.8. The van der Waals surface area contributed by atoms with Crippen LogP contribution < -0.4 is 0 Å². The van der Waals surface area contributed by atoms with Crippen LogP contribution in [0.25, 0.3) is 11.3 Å². The highest BCUT2D eigenvalue weighted by Gasteiger charge is 2.29. The van der Waals surface area contributed by atoms with Gasteiger partial charge < -0.3 is 14.2 Å². The third-order valence-electron chi connectivity index (χ3n) is 5.70. The van der Waals surface area contributed by atoms with E-state index in [0.717, 1.165) is 11.1 Å². The van der Waals surface area contributed by atoms with Gasteiger partial charge >= 0.3 is 0 Å². The molecular weight excluding hydrogens is 418 g/mol. The van der Waals surface area contributed by atoms with Crippen molar-refractivity contribution in [2.45, 2.75) is 6.54 Å². The number of hydrogen-bond donors (Lipinski definition) is 0. The van der Waals surface area contributed by atoms with Crippen molar-refractivity contribution in [3.05, 3.63) is 96.3 Å². The molecule has 4 heterocycles. The summed E-state index contributed by atoms with van der Waals surface area (Å²) < 4.78 is 7.01. The first-order chi connectivity index (χ1) is 16.2. The molecule has 1 aliphatic rings. The maximum absolute atomic E-state index is 13.5. The van der Waals surface area contributed by atoms with Crippen LogP contribution in [-0.4, -0.2) is 62.6 Å². The molecule has 33 heavy (non-hydrogen) atoms. The fourth-order valence-electron chi connectivity index (χ4n) is 3.98. The molecule has 5 rings (SSSR count). The fraction of sp³-hybridized carbons (Fsp3) is 0.200. The van der Waals surface area contributed by atoms with Crippen molar-refractivity contribution in [1.29, 1.82) is 0 Å². The summed E-state index contributed by atoms with van der Waals surface area (Å²) in [6.45, 7) is 2.35. The lowest BCUT2D eigenvalue weighted by atomic mass is 10.1. The first kappa shape index (κ1) is 20.7. The number of nitrogens with zero attached hydrogens (tertiary/aromatic N) is 5. The van der Waals surface area contributed by atoms with Crippen molar-refractivity contribution in [1.82, 2.24) is 24.6 Å². The Balaban J connectivity index is 1.36. The number of carbonyl (C=O) groups is 2. The number of aromatic nitrogens is 3. The molecule has 3 aromatic heterocycles. The number of piperazine rings is 1. The average Bonchev–Trinajstić information content (AvgIpc) is 3.55. The van der Waals surface area contributed by atoms with Gasteiger partial charge in [0.2, 0.25) is 0 Å². The second-order valence-corrected chi connectivity index (χ2v) is 7.88. The molecule has 4 aromatic rings. The van der Waals surface area contributed by atoms with Crippen molar-refractivity contribution in [3.63, 3.8) is 0 Å². The maximum atomic E-state index is 13.5. The lowest BCUT2D eigenvalue weighted by molar-refractivity contribution is 0.0518. The molecule has 0 saturated carbocycles. The Kier molecular flexibility index (Phi) is 5.72. The molecule has 0 N–H and O–H groups in total. The van der Waals surface area contributed by atoms with E-state index in [1.165, 1.54) is 6.26 Å². The lowest BCUT2D eigenvalue weighted by Gasteiger charge is -2.34. The molecule has 2 amide bonds. The first-order valence-corrected chi connectivity index (χ1v) is 10.8. The molecule has 1 aromatic carbocycles. The number of hydrogen-bond acceptors (Lipinski definition) is 5. The predicted molar refractivity (Wildman–Crippen MR) is 122 cm³/mol. The largest absolute Gasteiger partial charge is 0.459 e. The van der Waals surface area contributed by atoms with Gasteiger partial charge in [0.15, 0.2) is 5.76 Å². The van der Waals surface area contributed by atoms with E-state index < -0.39 is 0 Å². The smallest absolute Gasteiger partial charge is 0.289 e. The third kappa shape index (κ3) is 4.41. The van der Waals surface area contributed by atoms with Crippen LogP contribution in [0.2, 0.25) is 0 Å². The van der Waals surface area contributed by atoms with Crippen LogP contribution in [0.15, 0.2) is 83.9 Å². The Morgan fingerprint density at radius 2 is 1.64 bits per heavy atom. The van der Waals surface area contributed by atoms with Crippen LogP contribution in [-0.2, 0) is 6.54 Å². The molecule has 0 aliphatic carbocycles. The van der Waals surface area contributed by atoms with Gasteiger partial charge in [0.05, 0.1) is 18.4 Å². The lowest BCUT2D eigenvalue weighted by Crippen LogP contribution is -2.50. The summed E-state index contributed by atoms with van der Waals surface area (Å²) in [5.74, 6) is 0.0629. The van der Waals surface area contributed by atoms with Crippen LogP contribution in [0.5, 0.6) is 0 Å². The van der Waals surface area contributed by atoms with Gasteiger partial charge in [0, 0.05) is 50.3 Å². The minimum absolute atomic E-state index is 0.0988. The molecule has 0 spiro atoms. The molecular formula is C25H23N5O3. The standard InChI is InChI=1S/C25H23N5O3/c31-24(28-11-13-29(14-12-28)25(32)22-9-5-15-33-22)21-18-30(17-19-6-2-1-3-7-19)27-23(21)20-8-4-10-26-16-20/h1-10,15-16,18H,11-14,17H2. The van der Waals surface area contributed by atoms with E-state index >= 15 is 0 Å². The van der Waals surface area contributed by atoms with Gasteiger partial charge in [-0.25, -0.2) is 0 Å². The molecule has 0 atom stereocenters. The van der Waals surface area contributed by atoms with E-state index in [4.69, 9.17) is 9.52 Å². The van der Waals surface area contributed by atoms with Crippen molar-refractivity contribution in [3.8, 4) is 11.3 Å². The molecule has 0 bridgehead atoms. The van der Waals surface area contributed by atoms with Crippen molar-refractivity contribution < 1.29 is 14.0 Å². The maximum Gasteiger partial charge on any atom is 0.289 e. The van der Waals surface area contributed by atoms with E-state index in [2.05, 4.69) is 4.98 Å². The van der Waals surface area contributed by atoms with E-state index in [0.29, 0.717) is 49.7 Å². The number of rotatable bonds is 5.